The van der Waals surface area contributed by atoms with Crippen LogP contribution in [0.3, 0.4) is 0 Å². The molecule has 3 aromatic rings. The van der Waals surface area contributed by atoms with Crippen LogP contribution in [0.4, 0.5) is 10.2 Å². The molecule has 6 rings (SSSR count). The highest BCUT2D eigenvalue weighted by atomic mass is 19.1. The monoisotopic (exact) mass is 379 g/mol. The predicted molar refractivity (Wildman–Crippen MR) is 98.0 cm³/mol. The minimum Gasteiger partial charge on any atom is -0.349 e. The summed E-state index contributed by atoms with van der Waals surface area (Å²) in [4.78, 5) is 21.4. The van der Waals surface area contributed by atoms with Crippen molar-refractivity contribution in [2.24, 2.45) is 0 Å². The Morgan fingerprint density at radius 1 is 1.11 bits per heavy atom. The molecule has 1 aromatic carbocycles. The minimum absolute atomic E-state index is 0.0368. The first-order valence-electron chi connectivity index (χ1n) is 9.45. The molecule has 1 spiro atoms. The third-order valence-electron chi connectivity index (χ3n) is 6.07. The van der Waals surface area contributed by atoms with Crippen LogP contribution in [0.1, 0.15) is 24.4 Å². The highest BCUT2D eigenvalue weighted by Gasteiger charge is 2.63. The summed E-state index contributed by atoms with van der Waals surface area (Å²) in [5.41, 5.74) is 0.483. The van der Waals surface area contributed by atoms with E-state index in [-0.39, 0.29) is 24.0 Å². The van der Waals surface area contributed by atoms with Crippen LogP contribution in [0.15, 0.2) is 48.8 Å². The molecular formula is C20H18FN5O2. The molecular weight excluding hydrogens is 361 g/mol. The molecule has 2 atom stereocenters. The average molecular weight is 379 g/mol. The second-order valence-electron chi connectivity index (χ2n) is 7.65. The van der Waals surface area contributed by atoms with E-state index in [4.69, 9.17) is 4.74 Å². The highest BCUT2D eigenvalue weighted by Crippen LogP contribution is 2.48. The van der Waals surface area contributed by atoms with Crippen molar-refractivity contribution in [1.82, 2.24) is 19.5 Å². The summed E-state index contributed by atoms with van der Waals surface area (Å²) in [5, 5.41) is 4.31. The van der Waals surface area contributed by atoms with E-state index in [0.29, 0.717) is 18.7 Å². The molecule has 0 aliphatic carbocycles. The summed E-state index contributed by atoms with van der Waals surface area (Å²) in [6.07, 6.45) is 4.61. The highest BCUT2D eigenvalue weighted by molar-refractivity contribution is 5.91. The topological polar surface area (TPSA) is 63.0 Å². The molecule has 28 heavy (non-hydrogen) atoms. The van der Waals surface area contributed by atoms with E-state index < -0.39 is 5.60 Å². The Morgan fingerprint density at radius 3 is 2.82 bits per heavy atom. The Hall–Kier alpha value is -3.00. The molecule has 8 heteroatoms. The van der Waals surface area contributed by atoms with E-state index in [9.17, 15) is 9.18 Å². The third kappa shape index (κ3) is 2.03. The summed E-state index contributed by atoms with van der Waals surface area (Å²) >= 11 is 0. The predicted octanol–water partition coefficient (Wildman–Crippen LogP) is 2.15. The van der Waals surface area contributed by atoms with Crippen molar-refractivity contribution >= 4 is 17.4 Å². The lowest BCUT2D eigenvalue weighted by molar-refractivity contribution is -0.140. The third-order valence-corrected chi connectivity index (χ3v) is 6.07. The van der Waals surface area contributed by atoms with Gasteiger partial charge >= 0.3 is 0 Å². The van der Waals surface area contributed by atoms with Crippen molar-refractivity contribution < 1.29 is 13.9 Å². The first-order valence-corrected chi connectivity index (χ1v) is 9.45. The summed E-state index contributed by atoms with van der Waals surface area (Å²) < 4.78 is 22.3. The number of carbonyl (C=O) groups excluding carboxylic acids is 1. The summed E-state index contributed by atoms with van der Waals surface area (Å²) in [7, 11) is 0. The van der Waals surface area contributed by atoms with Crippen LogP contribution in [-0.2, 0) is 9.53 Å². The molecule has 142 valence electrons. The molecule has 0 saturated carbocycles. The molecule has 0 radical (unpaired) electrons. The Bertz CT molecular complexity index is 1090. The molecule has 7 nitrogen and oxygen atoms in total. The van der Waals surface area contributed by atoms with Crippen LogP contribution < -0.4 is 4.90 Å². The van der Waals surface area contributed by atoms with Crippen molar-refractivity contribution in [2.45, 2.75) is 30.7 Å². The zero-order valence-corrected chi connectivity index (χ0v) is 15.0. The number of aromatic nitrogens is 3. The summed E-state index contributed by atoms with van der Waals surface area (Å²) in [5.74, 6) is 0.579. The van der Waals surface area contributed by atoms with E-state index in [2.05, 4.69) is 15.0 Å². The summed E-state index contributed by atoms with van der Waals surface area (Å²) in [6, 6.07) is 10.2. The number of fused-ring (bicyclic) bond motifs is 2. The Labute approximate surface area is 160 Å². The Balaban J connectivity index is 1.27. The largest absolute Gasteiger partial charge is 0.349 e. The molecule has 1 amide bonds. The quantitative estimate of drug-likeness (QED) is 0.683. The molecule has 2 aromatic heterocycles. The van der Waals surface area contributed by atoms with Crippen molar-refractivity contribution in [3.05, 3.63) is 60.2 Å². The van der Waals surface area contributed by atoms with Gasteiger partial charge in [0.05, 0.1) is 25.3 Å². The zero-order chi connectivity index (χ0) is 18.9. The molecule has 3 aliphatic rings. The molecule has 3 saturated heterocycles. The fourth-order valence-corrected chi connectivity index (χ4v) is 4.77. The van der Waals surface area contributed by atoms with E-state index in [1.807, 2.05) is 18.2 Å². The van der Waals surface area contributed by atoms with Crippen LogP contribution in [0, 0.1) is 5.82 Å². The number of ether oxygens (including phenoxy) is 1. The maximum atomic E-state index is 14.3. The van der Waals surface area contributed by atoms with Gasteiger partial charge in [0.2, 0.25) is 0 Å². The number of carbonyl (C=O) groups is 1. The van der Waals surface area contributed by atoms with Crippen molar-refractivity contribution in [2.75, 3.05) is 18.0 Å². The van der Waals surface area contributed by atoms with E-state index in [1.54, 1.807) is 33.9 Å². The fraction of sp³-hybridized carbons (Fsp3) is 0.350. The maximum absolute atomic E-state index is 14.3. The summed E-state index contributed by atoms with van der Waals surface area (Å²) in [6.45, 7) is 0.920. The molecule has 3 aliphatic heterocycles. The van der Waals surface area contributed by atoms with E-state index >= 15 is 0 Å². The lowest BCUT2D eigenvalue weighted by atomic mass is 9.92. The van der Waals surface area contributed by atoms with Gasteiger partial charge in [0.25, 0.3) is 5.91 Å². The zero-order valence-electron chi connectivity index (χ0n) is 15.0. The van der Waals surface area contributed by atoms with Crippen LogP contribution in [0.5, 0.6) is 0 Å². The molecule has 3 fully saturated rings. The van der Waals surface area contributed by atoms with Gasteiger partial charge in [-0.3, -0.25) is 4.79 Å². The van der Waals surface area contributed by atoms with Crippen LogP contribution in [0.2, 0.25) is 0 Å². The number of halogens is 1. The standard InChI is InChI=1S/C20H18FN5O2/c21-14-4-2-1-3-13(14)15-5-6-18-25(15)19(27)20(28-18)11-24(12-20)17-8-9-22-16-7-10-23-26(16)17/h1-4,7-10,15,18H,5-6,11-12H2. The first kappa shape index (κ1) is 16.0. The normalized spacial score (nSPS) is 25.5. The average Bonchev–Trinajstić information content (AvgIpc) is 3.36. The van der Waals surface area contributed by atoms with Gasteiger partial charge in [-0.15, -0.1) is 0 Å². The number of hydrogen-bond donors (Lipinski definition) is 0. The molecule has 0 bridgehead atoms. The van der Waals surface area contributed by atoms with Crippen molar-refractivity contribution in [1.29, 1.82) is 0 Å². The van der Waals surface area contributed by atoms with Gasteiger partial charge in [0.1, 0.15) is 17.9 Å². The number of anilines is 1. The van der Waals surface area contributed by atoms with Gasteiger partial charge in [-0.25, -0.2) is 9.37 Å². The number of amides is 1. The van der Waals surface area contributed by atoms with Gasteiger partial charge in [-0.1, -0.05) is 18.2 Å². The Morgan fingerprint density at radius 2 is 1.96 bits per heavy atom. The molecule has 5 heterocycles. The van der Waals surface area contributed by atoms with Gasteiger partial charge in [0, 0.05) is 17.8 Å². The van der Waals surface area contributed by atoms with Gasteiger partial charge in [-0.05, 0) is 25.0 Å². The molecule has 0 N–H and O–H groups in total. The first-order chi connectivity index (χ1) is 13.7. The number of nitrogens with zero attached hydrogens (tertiary/aromatic N) is 5. The van der Waals surface area contributed by atoms with Gasteiger partial charge in [0.15, 0.2) is 11.2 Å². The van der Waals surface area contributed by atoms with Crippen LogP contribution in [0.25, 0.3) is 5.65 Å². The fourth-order valence-electron chi connectivity index (χ4n) is 4.77. The van der Waals surface area contributed by atoms with E-state index in [1.165, 1.54) is 6.07 Å². The van der Waals surface area contributed by atoms with Crippen LogP contribution in [-0.4, -0.2) is 50.3 Å². The van der Waals surface area contributed by atoms with E-state index in [0.717, 1.165) is 24.3 Å². The van der Waals surface area contributed by atoms with Crippen molar-refractivity contribution in [3.63, 3.8) is 0 Å². The molecule has 2 unspecified atom stereocenters. The number of hydrogen-bond acceptors (Lipinski definition) is 5. The minimum atomic E-state index is -0.850. The lowest BCUT2D eigenvalue weighted by Gasteiger charge is -2.46. The smallest absolute Gasteiger partial charge is 0.261 e. The second kappa shape index (κ2) is 5.51. The Kier molecular flexibility index (Phi) is 3.15. The lowest BCUT2D eigenvalue weighted by Crippen LogP contribution is -2.67. The van der Waals surface area contributed by atoms with Gasteiger partial charge < -0.3 is 14.5 Å². The van der Waals surface area contributed by atoms with Crippen LogP contribution >= 0.6 is 0 Å². The second-order valence-corrected chi connectivity index (χ2v) is 7.65. The SMILES string of the molecule is O=C1N2C(CCC2c2ccccc2F)OC12CN(c1ccnc3ccnn13)C2. The van der Waals surface area contributed by atoms with Crippen molar-refractivity contribution in [3.8, 4) is 0 Å². The maximum Gasteiger partial charge on any atom is 0.261 e. The number of rotatable bonds is 2. The van der Waals surface area contributed by atoms with Gasteiger partial charge in [-0.2, -0.15) is 9.61 Å². The number of benzene rings is 1.